The van der Waals surface area contributed by atoms with Gasteiger partial charge in [-0.3, -0.25) is 4.79 Å². The highest BCUT2D eigenvalue weighted by Crippen LogP contribution is 2.20. The van der Waals surface area contributed by atoms with Gasteiger partial charge in [0.2, 0.25) is 5.91 Å². The minimum absolute atomic E-state index is 0.0477. The summed E-state index contributed by atoms with van der Waals surface area (Å²) in [5, 5.41) is 12.4. The van der Waals surface area contributed by atoms with E-state index < -0.39 is 0 Å². The van der Waals surface area contributed by atoms with Crippen molar-refractivity contribution < 1.29 is 14.6 Å². The Hall–Kier alpha value is -0.610. The number of amides is 1. The Morgan fingerprint density at radius 2 is 2.14 bits per heavy atom. The maximum Gasteiger partial charge on any atom is 0.249 e. The van der Waals surface area contributed by atoms with Crippen LogP contribution in [0.3, 0.4) is 0 Å². The number of aliphatic hydroxyl groups excluding tert-OH is 1. The first-order chi connectivity index (χ1) is 6.77. The Labute approximate surface area is 83.6 Å². The van der Waals surface area contributed by atoms with Gasteiger partial charge >= 0.3 is 0 Å². The first kappa shape index (κ1) is 9.93. The van der Waals surface area contributed by atoms with E-state index in [1.165, 1.54) is 0 Å². The maximum absolute atomic E-state index is 11.6. The fourth-order valence-corrected chi connectivity index (χ4v) is 2.17. The number of aliphatic hydroxyl groups is 1. The third kappa shape index (κ3) is 2.07. The van der Waals surface area contributed by atoms with Crippen molar-refractivity contribution in [2.45, 2.75) is 50.4 Å². The van der Waals surface area contributed by atoms with Crippen molar-refractivity contribution in [3.8, 4) is 0 Å². The van der Waals surface area contributed by atoms with Gasteiger partial charge in [-0.1, -0.05) is 0 Å². The number of hydrogen-bond acceptors (Lipinski definition) is 3. The van der Waals surface area contributed by atoms with Crippen LogP contribution in [0.25, 0.3) is 0 Å². The second-order valence-electron chi connectivity index (χ2n) is 4.11. The fraction of sp³-hybridized carbons (Fsp3) is 0.900. The van der Waals surface area contributed by atoms with Crippen LogP contribution in [-0.4, -0.2) is 35.9 Å². The Balaban J connectivity index is 1.81. The molecule has 2 fully saturated rings. The van der Waals surface area contributed by atoms with E-state index in [-0.39, 0.29) is 24.2 Å². The van der Waals surface area contributed by atoms with E-state index in [1.54, 1.807) is 0 Å². The summed E-state index contributed by atoms with van der Waals surface area (Å²) in [7, 11) is 0. The van der Waals surface area contributed by atoms with Crippen LogP contribution < -0.4 is 5.32 Å². The molecule has 3 atom stereocenters. The van der Waals surface area contributed by atoms with Gasteiger partial charge in [0.1, 0.15) is 6.10 Å². The summed E-state index contributed by atoms with van der Waals surface area (Å²) in [5.41, 5.74) is 0. The first-order valence-electron chi connectivity index (χ1n) is 5.37. The van der Waals surface area contributed by atoms with Crippen LogP contribution in [0, 0.1) is 0 Å². The number of nitrogens with one attached hydrogen (secondary N) is 1. The maximum atomic E-state index is 11.6. The predicted molar refractivity (Wildman–Crippen MR) is 50.8 cm³/mol. The molecular weight excluding hydrogens is 182 g/mol. The molecule has 4 heteroatoms. The largest absolute Gasteiger partial charge is 0.391 e. The molecule has 0 aromatic carbocycles. The van der Waals surface area contributed by atoms with Crippen LogP contribution in [-0.2, 0) is 9.53 Å². The van der Waals surface area contributed by atoms with Crippen molar-refractivity contribution in [2.24, 2.45) is 0 Å². The van der Waals surface area contributed by atoms with Crippen LogP contribution in [0.4, 0.5) is 0 Å². The molecule has 0 bridgehead atoms. The molecule has 0 spiro atoms. The van der Waals surface area contributed by atoms with Crippen molar-refractivity contribution >= 4 is 5.91 Å². The summed E-state index contributed by atoms with van der Waals surface area (Å²) in [6.45, 7) is 0.686. The lowest BCUT2D eigenvalue weighted by atomic mass is 10.2. The molecule has 1 aliphatic carbocycles. The lowest BCUT2D eigenvalue weighted by Crippen LogP contribution is -2.44. The van der Waals surface area contributed by atoms with Gasteiger partial charge in [0, 0.05) is 6.61 Å². The van der Waals surface area contributed by atoms with Gasteiger partial charge in [0.05, 0.1) is 12.1 Å². The molecule has 1 saturated carbocycles. The fourth-order valence-electron chi connectivity index (χ4n) is 2.17. The third-order valence-electron chi connectivity index (χ3n) is 3.03. The molecule has 0 aromatic heterocycles. The molecule has 2 rings (SSSR count). The normalized spacial score (nSPS) is 37.4. The Morgan fingerprint density at radius 3 is 2.71 bits per heavy atom. The van der Waals surface area contributed by atoms with Crippen molar-refractivity contribution in [1.82, 2.24) is 5.32 Å². The minimum Gasteiger partial charge on any atom is -0.391 e. The summed E-state index contributed by atoms with van der Waals surface area (Å²) < 4.78 is 5.27. The quantitative estimate of drug-likeness (QED) is 0.667. The van der Waals surface area contributed by atoms with Crippen LogP contribution in [0.15, 0.2) is 0 Å². The predicted octanol–water partition coefficient (Wildman–Crippen LogP) is 0.195. The molecule has 0 radical (unpaired) electrons. The number of carbonyl (C=O) groups is 1. The molecule has 1 amide bonds. The average Bonchev–Trinajstić information content (AvgIpc) is 2.77. The van der Waals surface area contributed by atoms with Gasteiger partial charge < -0.3 is 15.2 Å². The Kier molecular flexibility index (Phi) is 3.03. The zero-order valence-electron chi connectivity index (χ0n) is 8.24. The number of hydrogen-bond donors (Lipinski definition) is 2. The van der Waals surface area contributed by atoms with E-state index in [9.17, 15) is 9.90 Å². The monoisotopic (exact) mass is 199 g/mol. The Bertz CT molecular complexity index is 213. The molecule has 2 aliphatic rings. The number of rotatable bonds is 2. The minimum atomic E-state index is -0.361. The molecule has 0 aromatic rings. The van der Waals surface area contributed by atoms with Crippen LogP contribution in [0.1, 0.15) is 32.1 Å². The lowest BCUT2D eigenvalue weighted by molar-refractivity contribution is -0.131. The lowest BCUT2D eigenvalue weighted by Gasteiger charge is -2.18. The van der Waals surface area contributed by atoms with E-state index in [0.29, 0.717) is 6.61 Å². The summed E-state index contributed by atoms with van der Waals surface area (Å²) in [4.78, 5) is 11.6. The van der Waals surface area contributed by atoms with Crippen LogP contribution >= 0.6 is 0 Å². The average molecular weight is 199 g/mol. The van der Waals surface area contributed by atoms with Crippen molar-refractivity contribution in [3.63, 3.8) is 0 Å². The van der Waals surface area contributed by atoms with E-state index in [1.807, 2.05) is 0 Å². The molecule has 3 unspecified atom stereocenters. The number of carbonyl (C=O) groups excluding carboxylic acids is 1. The summed E-state index contributed by atoms with van der Waals surface area (Å²) in [5.74, 6) is -0.0477. The van der Waals surface area contributed by atoms with Gasteiger partial charge in [0.15, 0.2) is 0 Å². The molecule has 4 nitrogen and oxygen atoms in total. The van der Waals surface area contributed by atoms with E-state index in [2.05, 4.69) is 5.32 Å². The highest BCUT2D eigenvalue weighted by molar-refractivity contribution is 5.81. The van der Waals surface area contributed by atoms with E-state index in [4.69, 9.17) is 4.74 Å². The molecular formula is C10H17NO3. The molecule has 1 saturated heterocycles. The number of ether oxygens (including phenoxy) is 1. The molecule has 2 N–H and O–H groups in total. The smallest absolute Gasteiger partial charge is 0.249 e. The van der Waals surface area contributed by atoms with Gasteiger partial charge in [-0.15, -0.1) is 0 Å². The van der Waals surface area contributed by atoms with Crippen LogP contribution in [0.5, 0.6) is 0 Å². The zero-order chi connectivity index (χ0) is 9.97. The molecule has 80 valence electrons. The second kappa shape index (κ2) is 4.28. The summed E-state index contributed by atoms with van der Waals surface area (Å²) in [6.07, 6.45) is 3.83. The van der Waals surface area contributed by atoms with Gasteiger partial charge in [-0.25, -0.2) is 0 Å². The van der Waals surface area contributed by atoms with Crippen LogP contribution in [0.2, 0.25) is 0 Å². The Morgan fingerprint density at radius 1 is 1.29 bits per heavy atom. The highest BCUT2D eigenvalue weighted by atomic mass is 16.5. The molecule has 1 aliphatic heterocycles. The third-order valence-corrected chi connectivity index (χ3v) is 3.03. The highest BCUT2D eigenvalue weighted by Gasteiger charge is 2.30. The van der Waals surface area contributed by atoms with Crippen molar-refractivity contribution in [1.29, 1.82) is 0 Å². The standard InChI is InChI=1S/C10H17NO3/c12-8-4-1-3-7(8)11-10(13)9-5-2-6-14-9/h7-9,12H,1-6H2,(H,11,13). The van der Waals surface area contributed by atoms with E-state index >= 15 is 0 Å². The summed E-state index contributed by atoms with van der Waals surface area (Å²) in [6, 6.07) is -0.0494. The van der Waals surface area contributed by atoms with Crippen molar-refractivity contribution in [2.75, 3.05) is 6.61 Å². The van der Waals surface area contributed by atoms with Gasteiger partial charge in [-0.05, 0) is 32.1 Å². The van der Waals surface area contributed by atoms with Gasteiger partial charge in [-0.2, -0.15) is 0 Å². The topological polar surface area (TPSA) is 58.6 Å². The second-order valence-corrected chi connectivity index (χ2v) is 4.11. The SMILES string of the molecule is O=C(NC1CCCC1O)C1CCCO1. The van der Waals surface area contributed by atoms with E-state index in [0.717, 1.165) is 32.1 Å². The van der Waals surface area contributed by atoms with Gasteiger partial charge in [0.25, 0.3) is 0 Å². The first-order valence-corrected chi connectivity index (χ1v) is 5.37. The molecule has 1 heterocycles. The van der Waals surface area contributed by atoms with Crippen molar-refractivity contribution in [3.05, 3.63) is 0 Å². The zero-order valence-corrected chi connectivity index (χ0v) is 8.24. The summed E-state index contributed by atoms with van der Waals surface area (Å²) >= 11 is 0. The molecule has 14 heavy (non-hydrogen) atoms.